The Labute approximate surface area is 106 Å². The van der Waals surface area contributed by atoms with E-state index in [4.69, 9.17) is 10.5 Å². The van der Waals surface area contributed by atoms with Crippen LogP contribution in [0.3, 0.4) is 0 Å². The van der Waals surface area contributed by atoms with Gasteiger partial charge in [-0.2, -0.15) is 0 Å². The first-order valence-electron chi connectivity index (χ1n) is 6.89. The summed E-state index contributed by atoms with van der Waals surface area (Å²) in [4.78, 5) is 0. The van der Waals surface area contributed by atoms with E-state index < -0.39 is 0 Å². The molecule has 1 aliphatic carbocycles. The number of nitrogens with two attached hydrogens (primary N) is 1. The van der Waals surface area contributed by atoms with E-state index in [1.807, 2.05) is 6.92 Å². The molecule has 0 radical (unpaired) electrons. The first-order chi connectivity index (χ1) is 8.24. The predicted octanol–water partition coefficient (Wildman–Crippen LogP) is 2.08. The highest BCUT2D eigenvalue weighted by atomic mass is 16.5. The van der Waals surface area contributed by atoms with E-state index in [-0.39, 0.29) is 0 Å². The lowest BCUT2D eigenvalue weighted by Crippen LogP contribution is -2.44. The Morgan fingerprint density at radius 1 is 1.41 bits per heavy atom. The molecule has 0 bridgehead atoms. The normalized spacial score (nSPS) is 19.2. The first kappa shape index (κ1) is 14.7. The van der Waals surface area contributed by atoms with Crippen molar-refractivity contribution in [2.75, 3.05) is 26.3 Å². The lowest BCUT2D eigenvalue weighted by molar-refractivity contribution is 0.150. The van der Waals surface area contributed by atoms with Crippen molar-refractivity contribution in [3.63, 3.8) is 0 Å². The highest BCUT2D eigenvalue weighted by Gasteiger charge is 2.21. The highest BCUT2D eigenvalue weighted by Crippen LogP contribution is 2.25. The third-order valence-electron chi connectivity index (χ3n) is 3.47. The molecule has 0 aromatic rings. The van der Waals surface area contributed by atoms with Crippen molar-refractivity contribution in [3.05, 3.63) is 12.2 Å². The van der Waals surface area contributed by atoms with E-state index in [1.54, 1.807) is 0 Å². The van der Waals surface area contributed by atoms with Crippen molar-refractivity contribution in [2.24, 2.45) is 11.7 Å². The smallest absolute Gasteiger partial charge is 0.0672 e. The summed E-state index contributed by atoms with van der Waals surface area (Å²) in [5, 5.41) is 3.53. The summed E-state index contributed by atoms with van der Waals surface area (Å²) in [5.41, 5.74) is 6.93. The third-order valence-corrected chi connectivity index (χ3v) is 3.47. The Morgan fingerprint density at radius 3 is 2.71 bits per heavy atom. The van der Waals surface area contributed by atoms with Gasteiger partial charge < -0.3 is 15.8 Å². The Morgan fingerprint density at radius 2 is 2.12 bits per heavy atom. The molecule has 1 saturated carbocycles. The molecule has 1 rings (SSSR count). The SMILES string of the molecule is C=C(C)COCCNC(CN)C1CCCCC1. The standard InChI is InChI=1S/C14H28N2O/c1-12(2)11-17-9-8-16-14(10-15)13-6-4-3-5-7-13/h13-14,16H,1,3-11,15H2,2H3. The lowest BCUT2D eigenvalue weighted by Gasteiger charge is -2.30. The number of rotatable bonds is 8. The topological polar surface area (TPSA) is 47.3 Å². The van der Waals surface area contributed by atoms with Gasteiger partial charge in [-0.05, 0) is 25.7 Å². The molecule has 0 aliphatic heterocycles. The highest BCUT2D eigenvalue weighted by molar-refractivity contribution is 4.87. The molecule has 3 heteroatoms. The van der Waals surface area contributed by atoms with Gasteiger partial charge in [0.25, 0.3) is 0 Å². The minimum absolute atomic E-state index is 0.476. The lowest BCUT2D eigenvalue weighted by atomic mass is 9.84. The summed E-state index contributed by atoms with van der Waals surface area (Å²) < 4.78 is 5.47. The largest absolute Gasteiger partial charge is 0.376 e. The quantitative estimate of drug-likeness (QED) is 0.504. The van der Waals surface area contributed by atoms with Gasteiger partial charge in [0.2, 0.25) is 0 Å². The van der Waals surface area contributed by atoms with Gasteiger partial charge in [0.1, 0.15) is 0 Å². The maximum absolute atomic E-state index is 5.85. The van der Waals surface area contributed by atoms with Gasteiger partial charge >= 0.3 is 0 Å². The van der Waals surface area contributed by atoms with Crippen LogP contribution < -0.4 is 11.1 Å². The Kier molecular flexibility index (Phi) is 7.49. The maximum atomic E-state index is 5.85. The minimum atomic E-state index is 0.476. The van der Waals surface area contributed by atoms with Crippen molar-refractivity contribution in [1.82, 2.24) is 5.32 Å². The number of nitrogens with one attached hydrogen (secondary N) is 1. The van der Waals surface area contributed by atoms with Crippen LogP contribution in [-0.4, -0.2) is 32.3 Å². The van der Waals surface area contributed by atoms with E-state index in [9.17, 15) is 0 Å². The maximum Gasteiger partial charge on any atom is 0.0672 e. The van der Waals surface area contributed by atoms with E-state index in [0.717, 1.165) is 31.2 Å². The molecule has 1 fully saturated rings. The monoisotopic (exact) mass is 240 g/mol. The Bertz CT molecular complexity index is 212. The molecule has 1 unspecified atom stereocenters. The van der Waals surface area contributed by atoms with Gasteiger partial charge in [-0.3, -0.25) is 0 Å². The van der Waals surface area contributed by atoms with Gasteiger partial charge in [-0.15, -0.1) is 0 Å². The fourth-order valence-corrected chi connectivity index (χ4v) is 2.54. The van der Waals surface area contributed by atoms with Crippen LogP contribution in [0.25, 0.3) is 0 Å². The molecule has 0 saturated heterocycles. The molecule has 0 aromatic carbocycles. The van der Waals surface area contributed by atoms with Crippen LogP contribution in [0.1, 0.15) is 39.0 Å². The number of ether oxygens (including phenoxy) is 1. The average molecular weight is 240 g/mol. The number of hydrogen-bond acceptors (Lipinski definition) is 3. The molecule has 17 heavy (non-hydrogen) atoms. The second-order valence-electron chi connectivity index (χ2n) is 5.20. The van der Waals surface area contributed by atoms with Crippen LogP contribution in [0, 0.1) is 5.92 Å². The fourth-order valence-electron chi connectivity index (χ4n) is 2.54. The Hall–Kier alpha value is -0.380. The molecule has 1 aliphatic rings. The van der Waals surface area contributed by atoms with Gasteiger partial charge in [-0.25, -0.2) is 0 Å². The van der Waals surface area contributed by atoms with Crippen molar-refractivity contribution in [1.29, 1.82) is 0 Å². The van der Waals surface area contributed by atoms with Crippen LogP contribution >= 0.6 is 0 Å². The van der Waals surface area contributed by atoms with Gasteiger partial charge in [-0.1, -0.05) is 31.4 Å². The summed E-state index contributed by atoms with van der Waals surface area (Å²) in [6.07, 6.45) is 6.81. The first-order valence-corrected chi connectivity index (χ1v) is 6.89. The van der Waals surface area contributed by atoms with Crippen LogP contribution in [-0.2, 0) is 4.74 Å². The van der Waals surface area contributed by atoms with Crippen molar-refractivity contribution < 1.29 is 4.74 Å². The summed E-state index contributed by atoms with van der Waals surface area (Å²) in [6.45, 7) is 8.84. The van der Waals surface area contributed by atoms with E-state index in [1.165, 1.54) is 32.1 Å². The van der Waals surface area contributed by atoms with Crippen molar-refractivity contribution >= 4 is 0 Å². The second kappa shape index (κ2) is 8.67. The van der Waals surface area contributed by atoms with Crippen LogP contribution in [0.15, 0.2) is 12.2 Å². The van der Waals surface area contributed by atoms with Crippen LogP contribution in [0.4, 0.5) is 0 Å². The Balaban J connectivity index is 2.11. The molecule has 100 valence electrons. The summed E-state index contributed by atoms with van der Waals surface area (Å²) >= 11 is 0. The molecule has 1 atom stereocenters. The van der Waals surface area contributed by atoms with Gasteiger partial charge in [0.15, 0.2) is 0 Å². The molecule has 3 nitrogen and oxygen atoms in total. The molecular formula is C14H28N2O. The molecular weight excluding hydrogens is 212 g/mol. The zero-order valence-corrected chi connectivity index (χ0v) is 11.2. The zero-order valence-electron chi connectivity index (χ0n) is 11.2. The molecule has 0 amide bonds. The summed E-state index contributed by atoms with van der Waals surface area (Å²) in [6, 6.07) is 0.476. The van der Waals surface area contributed by atoms with Gasteiger partial charge in [0, 0.05) is 19.1 Å². The van der Waals surface area contributed by atoms with Gasteiger partial charge in [0.05, 0.1) is 13.2 Å². The van der Waals surface area contributed by atoms with Crippen molar-refractivity contribution in [3.8, 4) is 0 Å². The van der Waals surface area contributed by atoms with Crippen molar-refractivity contribution in [2.45, 2.75) is 45.1 Å². The number of hydrogen-bond donors (Lipinski definition) is 2. The minimum Gasteiger partial charge on any atom is -0.376 e. The predicted molar refractivity (Wildman–Crippen MR) is 73.1 cm³/mol. The molecule has 0 aromatic heterocycles. The van der Waals surface area contributed by atoms with E-state index in [0.29, 0.717) is 12.6 Å². The van der Waals surface area contributed by atoms with E-state index in [2.05, 4.69) is 11.9 Å². The average Bonchev–Trinajstić information content (AvgIpc) is 2.34. The fraction of sp³-hybridized carbons (Fsp3) is 0.857. The van der Waals surface area contributed by atoms with Crippen LogP contribution in [0.2, 0.25) is 0 Å². The molecule has 3 N–H and O–H groups in total. The molecule has 0 spiro atoms. The summed E-state index contributed by atoms with van der Waals surface area (Å²) in [5.74, 6) is 0.773. The third kappa shape index (κ3) is 6.20. The zero-order chi connectivity index (χ0) is 12.5. The second-order valence-corrected chi connectivity index (χ2v) is 5.20. The van der Waals surface area contributed by atoms with Crippen LogP contribution in [0.5, 0.6) is 0 Å². The summed E-state index contributed by atoms with van der Waals surface area (Å²) in [7, 11) is 0. The molecule has 0 heterocycles. The van der Waals surface area contributed by atoms with E-state index >= 15 is 0 Å².